The first-order valence-corrected chi connectivity index (χ1v) is 6.30. The predicted molar refractivity (Wildman–Crippen MR) is 73.5 cm³/mol. The summed E-state index contributed by atoms with van der Waals surface area (Å²) in [5.41, 5.74) is 5.34. The zero-order chi connectivity index (χ0) is 14.5. The number of halogens is 1. The van der Waals surface area contributed by atoms with E-state index in [1.807, 2.05) is 0 Å². The minimum Gasteiger partial charge on any atom is -0.465 e. The number of carbonyl (C=O) groups is 1. The summed E-state index contributed by atoms with van der Waals surface area (Å²) in [5.74, 6) is -0.725. The van der Waals surface area contributed by atoms with Crippen LogP contribution in [0.25, 0.3) is 0 Å². The maximum Gasteiger partial charge on any atom is 0.325 e. The Bertz CT molecular complexity index is 435. The van der Waals surface area contributed by atoms with Gasteiger partial charge in [-0.15, -0.1) is 0 Å². The summed E-state index contributed by atoms with van der Waals surface area (Å²) >= 11 is 0. The molecule has 0 spiro atoms. The molecule has 1 atom stereocenters. The van der Waals surface area contributed by atoms with E-state index in [1.54, 1.807) is 44.0 Å². The second-order valence-electron chi connectivity index (χ2n) is 4.76. The summed E-state index contributed by atoms with van der Waals surface area (Å²) < 4.78 is 18.5. The number of benzene rings is 1. The Morgan fingerprint density at radius 3 is 2.68 bits per heavy atom. The zero-order valence-corrected chi connectivity index (χ0v) is 11.6. The van der Waals surface area contributed by atoms with E-state index >= 15 is 0 Å². The van der Waals surface area contributed by atoms with E-state index in [4.69, 9.17) is 10.5 Å². The quantitative estimate of drug-likeness (QED) is 0.801. The molecule has 0 heterocycles. The van der Waals surface area contributed by atoms with Crippen molar-refractivity contribution >= 4 is 11.7 Å². The lowest BCUT2D eigenvalue weighted by atomic mass is 9.99. The highest BCUT2D eigenvalue weighted by molar-refractivity contribution is 5.80. The van der Waals surface area contributed by atoms with Gasteiger partial charge in [-0.1, -0.05) is 12.1 Å². The van der Waals surface area contributed by atoms with E-state index in [1.165, 1.54) is 6.07 Å². The lowest BCUT2D eigenvalue weighted by Gasteiger charge is -2.26. The maximum absolute atomic E-state index is 13.6. The summed E-state index contributed by atoms with van der Waals surface area (Å²) in [7, 11) is 1.76. The standard InChI is InChI=1S/C14H21FN2O2/c1-4-19-13(18)14(2,16)9-10-17(3)12-8-6-5-7-11(12)15/h5-8H,4,9-10,16H2,1-3H3. The van der Waals surface area contributed by atoms with Crippen LogP contribution in [0.3, 0.4) is 0 Å². The molecular weight excluding hydrogens is 247 g/mol. The van der Waals surface area contributed by atoms with Crippen molar-refractivity contribution in [3.63, 3.8) is 0 Å². The van der Waals surface area contributed by atoms with Crippen LogP contribution >= 0.6 is 0 Å². The van der Waals surface area contributed by atoms with Gasteiger partial charge in [0.15, 0.2) is 0 Å². The number of ether oxygens (including phenoxy) is 1. The number of nitrogens with two attached hydrogens (primary N) is 1. The highest BCUT2D eigenvalue weighted by atomic mass is 19.1. The third-order valence-corrected chi connectivity index (χ3v) is 2.97. The minimum atomic E-state index is -1.06. The fourth-order valence-electron chi connectivity index (χ4n) is 1.68. The highest BCUT2D eigenvalue weighted by Gasteiger charge is 2.30. The van der Waals surface area contributed by atoms with Gasteiger partial charge in [-0.05, 0) is 32.4 Å². The van der Waals surface area contributed by atoms with Crippen LogP contribution in [0.2, 0.25) is 0 Å². The van der Waals surface area contributed by atoms with Gasteiger partial charge in [-0.2, -0.15) is 0 Å². The van der Waals surface area contributed by atoms with Gasteiger partial charge in [0.2, 0.25) is 0 Å². The third kappa shape index (κ3) is 4.21. The molecule has 0 fully saturated rings. The average Bonchev–Trinajstić information content (AvgIpc) is 2.37. The van der Waals surface area contributed by atoms with Crippen LogP contribution in [0.4, 0.5) is 10.1 Å². The van der Waals surface area contributed by atoms with E-state index in [9.17, 15) is 9.18 Å². The van der Waals surface area contributed by atoms with Gasteiger partial charge in [0.05, 0.1) is 12.3 Å². The molecule has 1 aromatic rings. The summed E-state index contributed by atoms with van der Waals surface area (Å²) in [6.45, 7) is 4.13. The van der Waals surface area contributed by atoms with Crippen LogP contribution < -0.4 is 10.6 Å². The lowest BCUT2D eigenvalue weighted by molar-refractivity contribution is -0.149. The zero-order valence-electron chi connectivity index (χ0n) is 11.6. The van der Waals surface area contributed by atoms with Gasteiger partial charge >= 0.3 is 5.97 Å². The highest BCUT2D eigenvalue weighted by Crippen LogP contribution is 2.19. The first-order valence-electron chi connectivity index (χ1n) is 6.30. The number of esters is 1. The van der Waals surface area contributed by atoms with Gasteiger partial charge in [0, 0.05) is 13.6 Å². The number of para-hydroxylation sites is 1. The number of hydrogen-bond acceptors (Lipinski definition) is 4. The molecule has 0 radical (unpaired) electrons. The van der Waals surface area contributed by atoms with Crippen molar-refractivity contribution in [1.29, 1.82) is 0 Å². The molecule has 0 aliphatic carbocycles. The Kier molecular flexibility index (Phi) is 5.30. The Morgan fingerprint density at radius 2 is 2.11 bits per heavy atom. The van der Waals surface area contributed by atoms with E-state index < -0.39 is 11.5 Å². The van der Waals surface area contributed by atoms with Crippen LogP contribution in [0.15, 0.2) is 24.3 Å². The largest absolute Gasteiger partial charge is 0.465 e. The monoisotopic (exact) mass is 268 g/mol. The van der Waals surface area contributed by atoms with E-state index in [0.717, 1.165) is 0 Å². The molecule has 19 heavy (non-hydrogen) atoms. The summed E-state index contributed by atoms with van der Waals surface area (Å²) in [4.78, 5) is 13.4. The molecule has 0 saturated carbocycles. The third-order valence-electron chi connectivity index (χ3n) is 2.97. The molecule has 5 heteroatoms. The number of hydrogen-bond donors (Lipinski definition) is 1. The van der Waals surface area contributed by atoms with E-state index in [0.29, 0.717) is 25.3 Å². The molecule has 0 bridgehead atoms. The first-order chi connectivity index (χ1) is 8.88. The van der Waals surface area contributed by atoms with Crippen molar-refractivity contribution < 1.29 is 13.9 Å². The number of carbonyl (C=O) groups excluding carboxylic acids is 1. The second kappa shape index (κ2) is 6.52. The van der Waals surface area contributed by atoms with Crippen molar-refractivity contribution in [1.82, 2.24) is 0 Å². The van der Waals surface area contributed by atoms with Crippen LogP contribution in [-0.2, 0) is 9.53 Å². The first kappa shape index (κ1) is 15.4. The fraction of sp³-hybridized carbons (Fsp3) is 0.500. The lowest BCUT2D eigenvalue weighted by Crippen LogP contribution is -2.48. The summed E-state index contributed by atoms with van der Waals surface area (Å²) in [6.07, 6.45) is 0.386. The van der Waals surface area contributed by atoms with Crippen molar-refractivity contribution in [2.45, 2.75) is 25.8 Å². The van der Waals surface area contributed by atoms with Gasteiger partial charge in [0.25, 0.3) is 0 Å². The smallest absolute Gasteiger partial charge is 0.325 e. The molecule has 2 N–H and O–H groups in total. The van der Waals surface area contributed by atoms with Gasteiger partial charge < -0.3 is 15.4 Å². The molecule has 0 aliphatic heterocycles. The number of rotatable bonds is 6. The normalized spacial score (nSPS) is 13.7. The van der Waals surface area contributed by atoms with Crippen molar-refractivity contribution in [2.24, 2.45) is 5.73 Å². The molecular formula is C14H21FN2O2. The fourth-order valence-corrected chi connectivity index (χ4v) is 1.68. The Balaban J connectivity index is 2.61. The molecule has 1 rings (SSSR count). The molecule has 1 unspecified atom stereocenters. The molecule has 0 amide bonds. The Morgan fingerprint density at radius 1 is 1.47 bits per heavy atom. The average molecular weight is 268 g/mol. The second-order valence-corrected chi connectivity index (χ2v) is 4.76. The number of nitrogens with zero attached hydrogens (tertiary/aromatic N) is 1. The van der Waals surface area contributed by atoms with Crippen LogP contribution in [0.1, 0.15) is 20.3 Å². The maximum atomic E-state index is 13.6. The molecule has 4 nitrogen and oxygen atoms in total. The van der Waals surface area contributed by atoms with Crippen LogP contribution in [-0.4, -0.2) is 31.7 Å². The van der Waals surface area contributed by atoms with E-state index in [-0.39, 0.29) is 5.82 Å². The number of anilines is 1. The molecule has 106 valence electrons. The van der Waals surface area contributed by atoms with Crippen molar-refractivity contribution in [3.8, 4) is 0 Å². The SMILES string of the molecule is CCOC(=O)C(C)(N)CCN(C)c1ccccc1F. The van der Waals surface area contributed by atoms with Crippen molar-refractivity contribution in [3.05, 3.63) is 30.1 Å². The minimum absolute atomic E-state index is 0.292. The molecule has 0 saturated heterocycles. The van der Waals surface area contributed by atoms with Crippen LogP contribution in [0, 0.1) is 5.82 Å². The van der Waals surface area contributed by atoms with Crippen LogP contribution in [0.5, 0.6) is 0 Å². The Labute approximate surface area is 113 Å². The summed E-state index contributed by atoms with van der Waals surface area (Å²) in [6, 6.07) is 6.49. The molecule has 0 aliphatic rings. The van der Waals surface area contributed by atoms with E-state index in [2.05, 4.69) is 0 Å². The van der Waals surface area contributed by atoms with Gasteiger partial charge in [-0.3, -0.25) is 4.79 Å². The summed E-state index contributed by atoms with van der Waals surface area (Å²) in [5, 5.41) is 0. The van der Waals surface area contributed by atoms with Gasteiger partial charge in [0.1, 0.15) is 11.4 Å². The Hall–Kier alpha value is -1.62. The molecule has 0 aromatic heterocycles. The topological polar surface area (TPSA) is 55.6 Å². The van der Waals surface area contributed by atoms with Crippen molar-refractivity contribution in [2.75, 3.05) is 25.1 Å². The van der Waals surface area contributed by atoms with Gasteiger partial charge in [-0.25, -0.2) is 4.39 Å². The predicted octanol–water partition coefficient (Wildman–Crippen LogP) is 1.93. The molecule has 1 aromatic carbocycles.